The Labute approximate surface area is 330 Å². The molecule has 5 rings (SSSR count). The summed E-state index contributed by atoms with van der Waals surface area (Å²) in [6.07, 6.45) is 20.5. The molecule has 54 heavy (non-hydrogen) atoms. The average Bonchev–Trinajstić information content (AvgIpc) is 3.51. The highest BCUT2D eigenvalue weighted by Crippen LogP contribution is 2.67. The molecule has 0 radical (unpaired) electrons. The number of esters is 1. The Bertz CT molecular complexity index is 1190. The Morgan fingerprint density at radius 2 is 1.56 bits per heavy atom. The van der Waals surface area contributed by atoms with Crippen LogP contribution in [0.2, 0.25) is 0 Å². The van der Waals surface area contributed by atoms with E-state index in [1.807, 2.05) is 0 Å². The van der Waals surface area contributed by atoms with Crippen molar-refractivity contribution in [2.75, 3.05) is 6.61 Å². The van der Waals surface area contributed by atoms with Crippen LogP contribution in [0.3, 0.4) is 0 Å². The van der Waals surface area contributed by atoms with Crippen molar-refractivity contribution >= 4 is 5.97 Å². The Morgan fingerprint density at radius 1 is 0.852 bits per heavy atom. The number of hydrogen-bond acceptors (Lipinski definition) is 7. The van der Waals surface area contributed by atoms with Crippen molar-refractivity contribution < 1.29 is 34.3 Å². The molecule has 312 valence electrons. The Morgan fingerprint density at radius 3 is 2.24 bits per heavy atom. The van der Waals surface area contributed by atoms with Crippen molar-refractivity contribution in [3.05, 3.63) is 11.6 Å². The maximum absolute atomic E-state index is 12.5. The van der Waals surface area contributed by atoms with Crippen molar-refractivity contribution in [3.8, 4) is 0 Å². The summed E-state index contributed by atoms with van der Waals surface area (Å²) in [7, 11) is 0. The Balaban J connectivity index is 1.10. The van der Waals surface area contributed by atoms with Gasteiger partial charge >= 0.3 is 5.97 Å². The first-order chi connectivity index (χ1) is 25.8. The first-order valence-electron chi connectivity index (χ1n) is 23.0. The lowest BCUT2D eigenvalue weighted by atomic mass is 9.47. The summed E-state index contributed by atoms with van der Waals surface area (Å²) in [6, 6.07) is 0. The van der Waals surface area contributed by atoms with Crippen LogP contribution >= 0.6 is 0 Å². The van der Waals surface area contributed by atoms with Crippen LogP contribution in [0, 0.1) is 52.3 Å². The van der Waals surface area contributed by atoms with Crippen LogP contribution in [-0.2, 0) is 19.0 Å². The van der Waals surface area contributed by atoms with E-state index >= 15 is 0 Å². The number of carbonyl (C=O) groups excluding carboxylic acids is 1. The van der Waals surface area contributed by atoms with E-state index in [0.29, 0.717) is 17.8 Å². The van der Waals surface area contributed by atoms with E-state index in [4.69, 9.17) is 14.2 Å². The highest BCUT2D eigenvalue weighted by Gasteiger charge is 2.59. The summed E-state index contributed by atoms with van der Waals surface area (Å²) in [6.45, 7) is 17.0. The first-order valence-corrected chi connectivity index (χ1v) is 23.0. The molecule has 0 bridgehead atoms. The molecule has 0 aromatic heterocycles. The first kappa shape index (κ1) is 44.1. The number of rotatable bonds is 20. The second kappa shape index (κ2) is 20.1. The van der Waals surface area contributed by atoms with Gasteiger partial charge in [0.25, 0.3) is 0 Å². The van der Waals surface area contributed by atoms with Gasteiger partial charge in [0.2, 0.25) is 0 Å². The second-order valence-corrected chi connectivity index (χ2v) is 19.7. The van der Waals surface area contributed by atoms with Crippen molar-refractivity contribution in [1.29, 1.82) is 0 Å². The number of ether oxygens (including phenoxy) is 3. The molecule has 4 aliphatic carbocycles. The quantitative estimate of drug-likeness (QED) is 0.0645. The molecule has 0 spiro atoms. The van der Waals surface area contributed by atoms with E-state index in [1.54, 1.807) is 0 Å². The predicted molar refractivity (Wildman–Crippen MR) is 217 cm³/mol. The molecule has 0 amide bonds. The number of hydrogen-bond donors (Lipinski definition) is 3. The van der Waals surface area contributed by atoms with Crippen LogP contribution in [0.15, 0.2) is 11.6 Å². The Hall–Kier alpha value is -0.990. The van der Waals surface area contributed by atoms with Crippen molar-refractivity contribution in [2.45, 2.75) is 220 Å². The lowest BCUT2D eigenvalue weighted by Gasteiger charge is -2.58. The highest BCUT2D eigenvalue weighted by atomic mass is 16.7. The lowest BCUT2D eigenvalue weighted by Crippen LogP contribution is -2.60. The standard InChI is InChI=1S/C47H82O7/c1-8-10-11-12-13-14-15-16-17-18-41(48)52-30-40-42(49)43(50)44(51)45(54-40)53-35-25-27-46(6)34(29-35)21-22-36-38-24-23-37(47(38,7)28-26-39(36)46)32(5)19-20-33(9-2)31(3)4/h21,31-33,35-40,42-45,49-51H,8-20,22-30H2,1-7H3/t32-,33-,35+,36-,37-,38-,39-,40+,42+,43-,44+,45+,46+,47-/m1/s1. The summed E-state index contributed by atoms with van der Waals surface area (Å²) < 4.78 is 18.0. The molecular formula is C47H82O7. The largest absolute Gasteiger partial charge is 0.463 e. The smallest absolute Gasteiger partial charge is 0.305 e. The normalized spacial score (nSPS) is 39.0. The molecule has 3 N–H and O–H groups in total. The fourth-order valence-electron chi connectivity index (χ4n) is 12.6. The zero-order chi connectivity index (χ0) is 39.0. The van der Waals surface area contributed by atoms with E-state index in [1.165, 1.54) is 89.0 Å². The number of allylic oxidation sites excluding steroid dienone is 1. The SMILES string of the molecule is CCCCCCCCCCCC(=O)OC[C@@H]1O[C@H](O[C@H]2CC[C@@]3(C)C(=CC[C@@H]4[C@H]5CC[C@H]([C@H](C)CC[C@@H](CC)C(C)C)[C@@]5(C)CC[C@H]43)C2)[C@@H](O)[C@H](O)[C@H]1O. The summed E-state index contributed by atoms with van der Waals surface area (Å²) in [5.41, 5.74) is 2.13. The van der Waals surface area contributed by atoms with Gasteiger partial charge in [-0.25, -0.2) is 0 Å². The summed E-state index contributed by atoms with van der Waals surface area (Å²) in [5, 5.41) is 32.4. The van der Waals surface area contributed by atoms with Gasteiger partial charge in [-0.15, -0.1) is 0 Å². The van der Waals surface area contributed by atoms with E-state index in [9.17, 15) is 20.1 Å². The third-order valence-electron chi connectivity index (χ3n) is 16.2. The van der Waals surface area contributed by atoms with Gasteiger partial charge in [0.15, 0.2) is 6.29 Å². The molecule has 5 aliphatic rings. The van der Waals surface area contributed by atoms with E-state index in [2.05, 4.69) is 54.5 Å². The fraction of sp³-hybridized carbons (Fsp3) is 0.936. The van der Waals surface area contributed by atoms with Crippen LogP contribution in [0.1, 0.15) is 183 Å². The molecule has 0 aromatic rings. The molecule has 7 nitrogen and oxygen atoms in total. The van der Waals surface area contributed by atoms with E-state index in [0.717, 1.165) is 80.5 Å². The summed E-state index contributed by atoms with van der Waals surface area (Å²) in [5.74, 6) is 5.24. The number of unbranched alkanes of at least 4 members (excludes halogenated alkanes) is 8. The van der Waals surface area contributed by atoms with Crippen LogP contribution in [0.25, 0.3) is 0 Å². The van der Waals surface area contributed by atoms with Gasteiger partial charge < -0.3 is 29.5 Å². The minimum Gasteiger partial charge on any atom is -0.463 e. The van der Waals surface area contributed by atoms with Crippen LogP contribution in [0.4, 0.5) is 0 Å². The van der Waals surface area contributed by atoms with Gasteiger partial charge in [-0.1, -0.05) is 124 Å². The monoisotopic (exact) mass is 759 g/mol. The number of fused-ring (bicyclic) bond motifs is 5. The molecule has 1 saturated heterocycles. The molecule has 0 aromatic carbocycles. The van der Waals surface area contributed by atoms with Crippen molar-refractivity contribution in [3.63, 3.8) is 0 Å². The minimum atomic E-state index is -1.44. The molecular weight excluding hydrogens is 677 g/mol. The van der Waals surface area contributed by atoms with Crippen LogP contribution < -0.4 is 0 Å². The average molecular weight is 759 g/mol. The van der Waals surface area contributed by atoms with E-state index < -0.39 is 30.7 Å². The zero-order valence-electron chi connectivity index (χ0n) is 35.6. The lowest BCUT2D eigenvalue weighted by molar-refractivity contribution is -0.313. The minimum absolute atomic E-state index is 0.138. The van der Waals surface area contributed by atoms with Crippen LogP contribution in [-0.4, -0.2) is 64.7 Å². The second-order valence-electron chi connectivity index (χ2n) is 19.7. The van der Waals surface area contributed by atoms with Gasteiger partial charge in [0.05, 0.1) is 6.10 Å². The zero-order valence-corrected chi connectivity index (χ0v) is 35.6. The fourth-order valence-corrected chi connectivity index (χ4v) is 12.6. The summed E-state index contributed by atoms with van der Waals surface area (Å²) >= 11 is 0. The topological polar surface area (TPSA) is 105 Å². The number of aliphatic hydroxyl groups excluding tert-OH is 3. The number of carbonyl (C=O) groups is 1. The predicted octanol–water partition coefficient (Wildman–Crippen LogP) is 10.3. The highest BCUT2D eigenvalue weighted by molar-refractivity contribution is 5.69. The molecule has 4 fully saturated rings. The van der Waals surface area contributed by atoms with Gasteiger partial charge in [-0.2, -0.15) is 0 Å². The van der Waals surface area contributed by atoms with Crippen LogP contribution in [0.5, 0.6) is 0 Å². The molecule has 0 unspecified atom stereocenters. The maximum atomic E-state index is 12.5. The van der Waals surface area contributed by atoms with Crippen molar-refractivity contribution in [2.24, 2.45) is 52.3 Å². The summed E-state index contributed by atoms with van der Waals surface area (Å²) in [4.78, 5) is 12.5. The van der Waals surface area contributed by atoms with E-state index in [-0.39, 0.29) is 24.1 Å². The number of aliphatic hydroxyl groups is 3. The Kier molecular flexibility index (Phi) is 16.4. The molecule has 1 aliphatic heterocycles. The molecule has 1 heterocycles. The van der Waals surface area contributed by atoms with Crippen molar-refractivity contribution in [1.82, 2.24) is 0 Å². The van der Waals surface area contributed by atoms with Gasteiger partial charge in [-0.3, -0.25) is 4.79 Å². The maximum Gasteiger partial charge on any atom is 0.305 e. The third kappa shape index (κ3) is 10.2. The van der Waals surface area contributed by atoms with Gasteiger partial charge in [0.1, 0.15) is 31.0 Å². The molecule has 14 atom stereocenters. The van der Waals surface area contributed by atoms with Gasteiger partial charge in [-0.05, 0) is 116 Å². The molecule has 3 saturated carbocycles. The molecule has 7 heteroatoms. The van der Waals surface area contributed by atoms with Gasteiger partial charge in [0, 0.05) is 6.42 Å². The third-order valence-corrected chi connectivity index (χ3v) is 16.2.